The first kappa shape index (κ1) is 18.5. The molecule has 3 aromatic rings. The van der Waals surface area contributed by atoms with Crippen molar-refractivity contribution < 1.29 is 26.0 Å². The number of nitrogens with zero attached hydrogens (tertiary/aromatic N) is 1. The molecule has 0 aliphatic rings. The first-order valence-electron chi connectivity index (χ1n) is 7.27. The molecule has 0 fully saturated rings. The Bertz CT molecular complexity index is 1180. The zero-order valence-electron chi connectivity index (χ0n) is 13.2. The van der Waals surface area contributed by atoms with Crippen molar-refractivity contribution in [1.29, 1.82) is 5.26 Å². The summed E-state index contributed by atoms with van der Waals surface area (Å²) in [6.45, 7) is 0. The predicted molar refractivity (Wildman–Crippen MR) is 88.0 cm³/mol. The van der Waals surface area contributed by atoms with E-state index in [-0.39, 0.29) is 11.3 Å². The molecule has 0 aliphatic carbocycles. The van der Waals surface area contributed by atoms with Gasteiger partial charge in [0.25, 0.3) is 10.0 Å². The molecule has 0 aliphatic heterocycles. The molecule has 1 aromatic heterocycles. The van der Waals surface area contributed by atoms with Crippen LogP contribution in [-0.4, -0.2) is 13.4 Å². The van der Waals surface area contributed by atoms with Gasteiger partial charge >= 0.3 is 0 Å². The van der Waals surface area contributed by atoms with Crippen molar-refractivity contribution in [2.75, 3.05) is 4.72 Å². The van der Waals surface area contributed by atoms with Gasteiger partial charge in [-0.2, -0.15) is 5.26 Å². The van der Waals surface area contributed by atoms with Crippen LogP contribution in [-0.2, 0) is 10.0 Å². The molecule has 5 nitrogen and oxygen atoms in total. The maximum atomic E-state index is 13.9. The number of nitriles is 1. The van der Waals surface area contributed by atoms with E-state index in [9.17, 15) is 26.0 Å². The molecule has 0 bridgehead atoms. The minimum atomic E-state index is -4.29. The third-order valence-electron chi connectivity index (χ3n) is 3.59. The summed E-state index contributed by atoms with van der Waals surface area (Å²) in [5.41, 5.74) is -1.09. The minimum absolute atomic E-state index is 0.00276. The lowest BCUT2D eigenvalue weighted by atomic mass is 10.1. The number of nitrogens with one attached hydrogen (secondary N) is 2. The normalized spacial score (nSPS) is 11.2. The Kier molecular flexibility index (Phi) is 4.63. The van der Waals surface area contributed by atoms with Crippen molar-refractivity contribution in [3.8, 4) is 17.3 Å². The minimum Gasteiger partial charge on any atom is -0.360 e. The van der Waals surface area contributed by atoms with E-state index >= 15 is 0 Å². The van der Waals surface area contributed by atoms with Gasteiger partial charge in [0.15, 0.2) is 11.6 Å². The molecule has 1 heterocycles. The van der Waals surface area contributed by atoms with Crippen molar-refractivity contribution in [3.05, 3.63) is 71.4 Å². The standard InChI is InChI=1S/C17H9F4N3O2S/c18-10-4-12(17(21)14(20)5-10)16-6-11(8-23-16)27(25,26)24-15-2-1-9(7-22)3-13(15)19/h1-6,8,23-24H. The number of hydrogen-bond donors (Lipinski definition) is 2. The van der Waals surface area contributed by atoms with Gasteiger partial charge in [-0.15, -0.1) is 0 Å². The van der Waals surface area contributed by atoms with Gasteiger partial charge in [0.05, 0.1) is 17.3 Å². The van der Waals surface area contributed by atoms with Crippen LogP contribution in [0.25, 0.3) is 11.3 Å². The summed E-state index contributed by atoms with van der Waals surface area (Å²) >= 11 is 0. The number of sulfonamides is 1. The van der Waals surface area contributed by atoms with Crippen LogP contribution in [0.1, 0.15) is 5.56 Å². The van der Waals surface area contributed by atoms with Gasteiger partial charge in [-0.25, -0.2) is 26.0 Å². The highest BCUT2D eigenvalue weighted by atomic mass is 32.2. The van der Waals surface area contributed by atoms with Crippen LogP contribution in [0.2, 0.25) is 0 Å². The highest BCUT2D eigenvalue weighted by molar-refractivity contribution is 7.92. The van der Waals surface area contributed by atoms with E-state index in [0.717, 1.165) is 24.4 Å². The third-order valence-corrected chi connectivity index (χ3v) is 4.94. The van der Waals surface area contributed by atoms with Crippen LogP contribution in [0.5, 0.6) is 0 Å². The molecule has 2 aromatic carbocycles. The number of benzene rings is 2. The van der Waals surface area contributed by atoms with Gasteiger partial charge in [-0.1, -0.05) is 0 Å². The lowest BCUT2D eigenvalue weighted by molar-refractivity contribution is 0.497. The molecule has 0 spiro atoms. The van der Waals surface area contributed by atoms with Crippen LogP contribution in [0.3, 0.4) is 0 Å². The fourth-order valence-corrected chi connectivity index (χ4v) is 3.37. The molecule has 0 amide bonds. The van der Waals surface area contributed by atoms with Crippen LogP contribution in [0, 0.1) is 34.6 Å². The Morgan fingerprint density at radius 1 is 1.00 bits per heavy atom. The second-order valence-corrected chi connectivity index (χ2v) is 7.09. The maximum absolute atomic E-state index is 13.9. The van der Waals surface area contributed by atoms with E-state index in [1.807, 2.05) is 4.72 Å². The SMILES string of the molecule is N#Cc1ccc(NS(=O)(=O)c2c[nH]c(-c3cc(F)cc(F)c3F)c2)c(F)c1. The van der Waals surface area contributed by atoms with Gasteiger partial charge in [-0.05, 0) is 30.3 Å². The molecule has 27 heavy (non-hydrogen) atoms. The highest BCUT2D eigenvalue weighted by Gasteiger charge is 2.21. The van der Waals surface area contributed by atoms with Crippen LogP contribution in [0.4, 0.5) is 23.2 Å². The lowest BCUT2D eigenvalue weighted by Crippen LogP contribution is -2.13. The fraction of sp³-hybridized carbons (Fsp3) is 0. The molecule has 0 unspecified atom stereocenters. The molecule has 10 heteroatoms. The van der Waals surface area contributed by atoms with Crippen molar-refractivity contribution >= 4 is 15.7 Å². The van der Waals surface area contributed by atoms with E-state index in [2.05, 4.69) is 4.98 Å². The van der Waals surface area contributed by atoms with Gasteiger partial charge in [-0.3, -0.25) is 4.72 Å². The number of halogens is 4. The van der Waals surface area contributed by atoms with E-state index < -0.39 is 49.4 Å². The third kappa shape index (κ3) is 3.63. The molecule has 0 atom stereocenters. The van der Waals surface area contributed by atoms with Crippen LogP contribution < -0.4 is 4.72 Å². The van der Waals surface area contributed by atoms with Crippen LogP contribution >= 0.6 is 0 Å². The summed E-state index contributed by atoms with van der Waals surface area (Å²) in [6.07, 6.45) is 0.960. The van der Waals surface area contributed by atoms with Crippen LogP contribution in [0.15, 0.2) is 47.5 Å². The Morgan fingerprint density at radius 3 is 2.41 bits per heavy atom. The van der Waals surface area contributed by atoms with E-state index in [0.29, 0.717) is 12.1 Å². The zero-order chi connectivity index (χ0) is 19.8. The molecule has 0 saturated heterocycles. The van der Waals surface area contributed by atoms with E-state index in [4.69, 9.17) is 5.26 Å². The van der Waals surface area contributed by atoms with Crippen molar-refractivity contribution in [3.63, 3.8) is 0 Å². The molecule has 0 radical (unpaired) electrons. The summed E-state index contributed by atoms with van der Waals surface area (Å²) in [5.74, 6) is -4.79. The number of aromatic nitrogens is 1. The second kappa shape index (κ2) is 6.77. The van der Waals surface area contributed by atoms with Crippen molar-refractivity contribution in [2.24, 2.45) is 0 Å². The summed E-state index contributed by atoms with van der Waals surface area (Å²) < 4.78 is 81.1. The number of aromatic amines is 1. The average molecular weight is 395 g/mol. The number of anilines is 1. The summed E-state index contributed by atoms with van der Waals surface area (Å²) in [6, 6.07) is 6.85. The highest BCUT2D eigenvalue weighted by Crippen LogP contribution is 2.28. The Morgan fingerprint density at radius 2 is 1.74 bits per heavy atom. The molecule has 3 rings (SSSR count). The van der Waals surface area contributed by atoms with Gasteiger partial charge in [0.1, 0.15) is 16.5 Å². The first-order valence-corrected chi connectivity index (χ1v) is 8.75. The van der Waals surface area contributed by atoms with Gasteiger partial charge in [0.2, 0.25) is 0 Å². The fourth-order valence-electron chi connectivity index (χ4n) is 2.31. The number of rotatable bonds is 4. The van der Waals surface area contributed by atoms with E-state index in [1.54, 1.807) is 6.07 Å². The quantitative estimate of drug-likeness (QED) is 0.519. The number of H-pyrrole nitrogens is 1. The second-order valence-electron chi connectivity index (χ2n) is 5.41. The topological polar surface area (TPSA) is 85.8 Å². The summed E-state index contributed by atoms with van der Waals surface area (Å²) in [4.78, 5) is 2.00. The molecule has 2 N–H and O–H groups in total. The van der Waals surface area contributed by atoms with Gasteiger partial charge in [0, 0.05) is 23.5 Å². The first-order chi connectivity index (χ1) is 12.7. The van der Waals surface area contributed by atoms with Crippen molar-refractivity contribution in [2.45, 2.75) is 4.90 Å². The molecule has 138 valence electrons. The lowest BCUT2D eigenvalue weighted by Gasteiger charge is -2.07. The Labute approximate surface area is 150 Å². The van der Waals surface area contributed by atoms with Gasteiger partial charge < -0.3 is 4.98 Å². The summed E-state index contributed by atoms with van der Waals surface area (Å²) in [5, 5.41) is 8.69. The number of hydrogen-bond acceptors (Lipinski definition) is 3. The zero-order valence-corrected chi connectivity index (χ0v) is 14.0. The Balaban J connectivity index is 1.95. The Hall–Kier alpha value is -3.32. The monoisotopic (exact) mass is 395 g/mol. The smallest absolute Gasteiger partial charge is 0.263 e. The van der Waals surface area contributed by atoms with Crippen molar-refractivity contribution in [1.82, 2.24) is 4.98 Å². The summed E-state index contributed by atoms with van der Waals surface area (Å²) in [7, 11) is -4.29. The largest absolute Gasteiger partial charge is 0.360 e. The average Bonchev–Trinajstić information content (AvgIpc) is 3.10. The molecular formula is C17H9F4N3O2S. The molecular weight excluding hydrogens is 386 g/mol. The van der Waals surface area contributed by atoms with E-state index in [1.165, 1.54) is 6.07 Å². The maximum Gasteiger partial charge on any atom is 0.263 e. The predicted octanol–water partition coefficient (Wildman–Crippen LogP) is 3.91. The molecule has 0 saturated carbocycles.